The summed E-state index contributed by atoms with van der Waals surface area (Å²) >= 11 is 0. The van der Waals surface area contributed by atoms with E-state index in [0.29, 0.717) is 32.7 Å². The Balaban J connectivity index is 1.39. The van der Waals surface area contributed by atoms with E-state index in [1.807, 2.05) is 25.7 Å². The zero-order valence-electron chi connectivity index (χ0n) is 18.9. The van der Waals surface area contributed by atoms with E-state index in [0.717, 1.165) is 39.0 Å². The molecule has 1 atom stereocenters. The molecule has 0 aromatic heterocycles. The molecule has 3 saturated heterocycles. The molecule has 0 radical (unpaired) electrons. The van der Waals surface area contributed by atoms with E-state index in [9.17, 15) is 14.4 Å². The van der Waals surface area contributed by atoms with Crippen molar-refractivity contribution in [3.05, 3.63) is 0 Å². The minimum atomic E-state index is -0.766. The van der Waals surface area contributed by atoms with E-state index < -0.39 is 11.6 Å². The Bertz CT molecular complexity index is 651. The number of carbonyl (C=O) groups excluding carboxylic acids is 2. The van der Waals surface area contributed by atoms with Gasteiger partial charge in [-0.05, 0) is 33.6 Å². The molecule has 0 bridgehead atoms. The highest BCUT2D eigenvalue weighted by atomic mass is 16.6. The van der Waals surface area contributed by atoms with Crippen molar-refractivity contribution in [1.29, 1.82) is 0 Å². The van der Waals surface area contributed by atoms with Crippen LogP contribution in [0.1, 0.15) is 40.0 Å². The lowest BCUT2D eigenvalue weighted by atomic mass is 10.0. The van der Waals surface area contributed by atoms with Gasteiger partial charge < -0.3 is 29.3 Å². The van der Waals surface area contributed by atoms with Gasteiger partial charge in [0.05, 0.1) is 13.0 Å². The number of hydrogen-bond donors (Lipinski definition) is 1. The van der Waals surface area contributed by atoms with Crippen LogP contribution in [0.5, 0.6) is 0 Å². The van der Waals surface area contributed by atoms with Crippen molar-refractivity contribution in [2.24, 2.45) is 0 Å². The number of piperazine rings is 1. The molecule has 0 aromatic carbocycles. The average Bonchev–Trinajstić information content (AvgIpc) is 3.06. The predicted molar refractivity (Wildman–Crippen MR) is 113 cm³/mol. The van der Waals surface area contributed by atoms with Gasteiger partial charge in [-0.15, -0.1) is 0 Å². The molecule has 3 rings (SSSR count). The van der Waals surface area contributed by atoms with Crippen molar-refractivity contribution < 1.29 is 29.0 Å². The molecule has 0 spiro atoms. The molecule has 10 nitrogen and oxygen atoms in total. The molecule has 1 N–H and O–H groups in total. The summed E-state index contributed by atoms with van der Waals surface area (Å²) in [7, 11) is 0. The summed E-state index contributed by atoms with van der Waals surface area (Å²) in [6.07, 6.45) is 0.910. The quantitative estimate of drug-likeness (QED) is 0.659. The van der Waals surface area contributed by atoms with Crippen LogP contribution in [0.4, 0.5) is 9.59 Å². The fourth-order valence-electron chi connectivity index (χ4n) is 4.36. The maximum Gasteiger partial charge on any atom is 0.410 e. The second kappa shape index (κ2) is 10.0. The van der Waals surface area contributed by atoms with E-state index in [4.69, 9.17) is 14.6 Å². The van der Waals surface area contributed by atoms with Gasteiger partial charge in [-0.3, -0.25) is 9.69 Å². The van der Waals surface area contributed by atoms with E-state index in [1.54, 1.807) is 4.90 Å². The Morgan fingerprint density at radius 2 is 1.68 bits per heavy atom. The largest absolute Gasteiger partial charge is 0.481 e. The molecule has 10 heteroatoms. The maximum atomic E-state index is 12.4. The van der Waals surface area contributed by atoms with Crippen LogP contribution in [-0.2, 0) is 14.3 Å². The van der Waals surface area contributed by atoms with E-state index >= 15 is 0 Å². The van der Waals surface area contributed by atoms with Crippen LogP contribution < -0.4 is 0 Å². The number of rotatable bonds is 6. The van der Waals surface area contributed by atoms with Crippen molar-refractivity contribution in [2.75, 3.05) is 58.9 Å². The van der Waals surface area contributed by atoms with Gasteiger partial charge in [0.2, 0.25) is 0 Å². The number of aliphatic carboxylic acids is 1. The van der Waals surface area contributed by atoms with Crippen molar-refractivity contribution >= 4 is 18.2 Å². The monoisotopic (exact) mass is 440 g/mol. The van der Waals surface area contributed by atoms with Crippen LogP contribution in [0.15, 0.2) is 0 Å². The van der Waals surface area contributed by atoms with Gasteiger partial charge in [0.15, 0.2) is 0 Å². The topological polar surface area (TPSA) is 103 Å². The van der Waals surface area contributed by atoms with Crippen LogP contribution >= 0.6 is 0 Å². The molecule has 1 unspecified atom stereocenters. The highest BCUT2D eigenvalue weighted by Gasteiger charge is 2.39. The van der Waals surface area contributed by atoms with Gasteiger partial charge in [-0.1, -0.05) is 0 Å². The number of carbonyl (C=O) groups is 3. The summed E-state index contributed by atoms with van der Waals surface area (Å²) in [5.41, 5.74) is -0.512. The minimum absolute atomic E-state index is 0.0871. The number of carboxylic acids is 1. The third kappa shape index (κ3) is 6.96. The van der Waals surface area contributed by atoms with Crippen LogP contribution in [0.25, 0.3) is 0 Å². The van der Waals surface area contributed by atoms with Gasteiger partial charge in [0.1, 0.15) is 11.7 Å². The third-order valence-corrected chi connectivity index (χ3v) is 6.03. The number of nitrogens with zero attached hydrogens (tertiary/aromatic N) is 4. The summed E-state index contributed by atoms with van der Waals surface area (Å²) in [4.78, 5) is 43.4. The van der Waals surface area contributed by atoms with Crippen LogP contribution in [-0.4, -0.2) is 120 Å². The average molecular weight is 441 g/mol. The lowest BCUT2D eigenvalue weighted by molar-refractivity contribution is -0.137. The first kappa shape index (κ1) is 23.6. The first-order valence-electron chi connectivity index (χ1n) is 11.2. The third-order valence-electron chi connectivity index (χ3n) is 6.03. The van der Waals surface area contributed by atoms with Gasteiger partial charge in [0.25, 0.3) is 0 Å². The Morgan fingerprint density at radius 1 is 1.06 bits per heavy atom. The summed E-state index contributed by atoms with van der Waals surface area (Å²) < 4.78 is 11.1. The molecule has 2 amide bonds. The highest BCUT2D eigenvalue weighted by molar-refractivity contribution is 5.71. The molecule has 0 aliphatic carbocycles. The lowest BCUT2D eigenvalue weighted by Crippen LogP contribution is -2.50. The van der Waals surface area contributed by atoms with Crippen molar-refractivity contribution in [3.63, 3.8) is 0 Å². The number of likely N-dealkylation sites (tertiary alicyclic amines) is 1. The summed E-state index contributed by atoms with van der Waals surface area (Å²) in [5.74, 6) is -0.766. The number of amides is 2. The second-order valence-electron chi connectivity index (χ2n) is 9.64. The molecular formula is C21H36N4O6. The second-order valence-corrected chi connectivity index (χ2v) is 9.64. The number of hydrogen-bond acceptors (Lipinski definition) is 7. The first-order valence-corrected chi connectivity index (χ1v) is 11.2. The Kier molecular flexibility index (Phi) is 7.64. The molecule has 3 aliphatic heterocycles. The van der Waals surface area contributed by atoms with Crippen molar-refractivity contribution in [3.8, 4) is 0 Å². The summed E-state index contributed by atoms with van der Waals surface area (Å²) in [5, 5.41) is 8.81. The molecule has 31 heavy (non-hydrogen) atoms. The van der Waals surface area contributed by atoms with Gasteiger partial charge >= 0.3 is 18.2 Å². The van der Waals surface area contributed by atoms with Crippen LogP contribution in [0, 0.1) is 0 Å². The maximum absolute atomic E-state index is 12.4. The zero-order valence-corrected chi connectivity index (χ0v) is 18.9. The fourth-order valence-corrected chi connectivity index (χ4v) is 4.36. The van der Waals surface area contributed by atoms with Gasteiger partial charge in [0, 0.05) is 58.4 Å². The molecular weight excluding hydrogens is 404 g/mol. The van der Waals surface area contributed by atoms with E-state index in [2.05, 4.69) is 9.80 Å². The van der Waals surface area contributed by atoms with E-state index in [1.165, 1.54) is 0 Å². The SMILES string of the molecule is CC(C)(C)OC(=O)N1CCC(N2CC(CN3CCN(CCC(=O)O)CC3)OC2=O)CC1. The normalized spacial score (nSPS) is 24.4. The molecule has 0 saturated carbocycles. The Hall–Kier alpha value is -2.07. The minimum Gasteiger partial charge on any atom is -0.481 e. The predicted octanol–water partition coefficient (Wildman–Crippen LogP) is 1.30. The molecule has 0 aromatic rings. The zero-order chi connectivity index (χ0) is 22.6. The van der Waals surface area contributed by atoms with Crippen molar-refractivity contribution in [2.45, 2.75) is 57.8 Å². The standard InChI is InChI=1S/C21H36N4O6/c1-21(2,3)31-19(28)24-8-4-16(5-9-24)25-15-17(30-20(25)29)14-23-12-10-22(11-13-23)7-6-18(26)27/h16-17H,4-15H2,1-3H3,(H,26,27). The number of piperidine rings is 1. The Labute approximate surface area is 184 Å². The number of ether oxygens (including phenoxy) is 2. The fraction of sp³-hybridized carbons (Fsp3) is 0.857. The molecule has 3 aliphatic rings. The summed E-state index contributed by atoms with van der Waals surface area (Å²) in [6, 6.07) is 0.0871. The Morgan fingerprint density at radius 3 is 2.26 bits per heavy atom. The van der Waals surface area contributed by atoms with Crippen LogP contribution in [0.2, 0.25) is 0 Å². The molecule has 3 heterocycles. The lowest BCUT2D eigenvalue weighted by Gasteiger charge is -2.36. The van der Waals surface area contributed by atoms with E-state index in [-0.39, 0.29) is 30.8 Å². The summed E-state index contributed by atoms with van der Waals surface area (Å²) in [6.45, 7) is 11.9. The smallest absolute Gasteiger partial charge is 0.410 e. The van der Waals surface area contributed by atoms with Gasteiger partial charge in [-0.25, -0.2) is 9.59 Å². The molecule has 3 fully saturated rings. The number of cyclic esters (lactones) is 1. The van der Waals surface area contributed by atoms with Gasteiger partial charge in [-0.2, -0.15) is 0 Å². The first-order chi connectivity index (χ1) is 14.6. The highest BCUT2D eigenvalue weighted by Crippen LogP contribution is 2.24. The van der Waals surface area contributed by atoms with Crippen molar-refractivity contribution in [1.82, 2.24) is 19.6 Å². The molecule has 176 valence electrons. The van der Waals surface area contributed by atoms with Crippen LogP contribution in [0.3, 0.4) is 0 Å². The number of carboxylic acid groups (broad SMARTS) is 1.